The molecule has 0 spiro atoms. The van der Waals surface area contributed by atoms with Crippen LogP contribution in [0.1, 0.15) is 47.8 Å². The third-order valence-electron chi connectivity index (χ3n) is 8.93. The molecule has 0 saturated heterocycles. The Hall–Kier alpha value is -4.92. The summed E-state index contributed by atoms with van der Waals surface area (Å²) in [4.78, 5) is 0. The van der Waals surface area contributed by atoms with Gasteiger partial charge in [-0.05, 0) is 79.4 Å². The molecular formula is C41H36N2. The molecule has 1 aliphatic rings. The second kappa shape index (κ2) is 11.1. The van der Waals surface area contributed by atoms with Crippen molar-refractivity contribution in [3.63, 3.8) is 0 Å². The highest BCUT2D eigenvalue weighted by Gasteiger charge is 2.37. The van der Waals surface area contributed by atoms with Crippen LogP contribution in [0, 0.1) is 0 Å². The number of allylic oxidation sites excluding steroid dienone is 1. The van der Waals surface area contributed by atoms with E-state index >= 15 is 0 Å². The van der Waals surface area contributed by atoms with Gasteiger partial charge in [-0.3, -0.25) is 0 Å². The first kappa shape index (κ1) is 26.9. The highest BCUT2D eigenvalue weighted by Crippen LogP contribution is 2.53. The first-order valence-electron chi connectivity index (χ1n) is 15.1. The Balaban J connectivity index is 1.27. The lowest BCUT2D eigenvalue weighted by Gasteiger charge is -2.22. The van der Waals surface area contributed by atoms with Crippen molar-refractivity contribution in [3.05, 3.63) is 173 Å². The zero-order valence-corrected chi connectivity index (χ0v) is 24.7. The van der Waals surface area contributed by atoms with E-state index in [0.717, 1.165) is 23.2 Å². The maximum atomic E-state index is 6.64. The maximum Gasteiger partial charge on any atom is 0.101 e. The monoisotopic (exact) mass is 556 g/mol. The van der Waals surface area contributed by atoms with Gasteiger partial charge in [-0.15, -0.1) is 0 Å². The van der Waals surface area contributed by atoms with Crippen molar-refractivity contribution < 1.29 is 0 Å². The van der Waals surface area contributed by atoms with Crippen LogP contribution >= 0.6 is 0 Å². The molecule has 0 aromatic heterocycles. The van der Waals surface area contributed by atoms with Gasteiger partial charge in [0, 0.05) is 11.1 Å². The molecule has 3 N–H and O–H groups in total. The Morgan fingerprint density at radius 3 is 2.05 bits per heavy atom. The van der Waals surface area contributed by atoms with E-state index in [1.54, 1.807) is 0 Å². The van der Waals surface area contributed by atoms with Gasteiger partial charge in [0.2, 0.25) is 0 Å². The van der Waals surface area contributed by atoms with Gasteiger partial charge in [-0.1, -0.05) is 147 Å². The Labute approximate surface area is 254 Å². The summed E-state index contributed by atoms with van der Waals surface area (Å²) in [6, 6.07) is 49.9. The van der Waals surface area contributed by atoms with Crippen LogP contribution in [0.15, 0.2) is 146 Å². The molecule has 6 aromatic rings. The summed E-state index contributed by atoms with van der Waals surface area (Å²) >= 11 is 0. The number of hydrogen-bond donors (Lipinski definition) is 2. The Morgan fingerprint density at radius 1 is 0.674 bits per heavy atom. The number of fused-ring (bicyclic) bond motifs is 4. The van der Waals surface area contributed by atoms with Crippen molar-refractivity contribution in [1.82, 2.24) is 5.32 Å². The molecule has 1 unspecified atom stereocenters. The molecule has 2 nitrogen and oxygen atoms in total. The van der Waals surface area contributed by atoms with Crippen LogP contribution in [0.4, 0.5) is 0 Å². The van der Waals surface area contributed by atoms with E-state index in [1.165, 1.54) is 49.7 Å². The van der Waals surface area contributed by atoms with E-state index in [4.69, 9.17) is 5.73 Å². The summed E-state index contributed by atoms with van der Waals surface area (Å²) in [6.45, 7) is 4.70. The van der Waals surface area contributed by atoms with Crippen LogP contribution in [0.5, 0.6) is 0 Å². The fraction of sp³-hybridized carbons (Fsp3) is 0.122. The van der Waals surface area contributed by atoms with Crippen LogP contribution in [-0.4, -0.2) is 0 Å². The number of nitrogens with one attached hydrogen (secondary N) is 1. The lowest BCUT2D eigenvalue weighted by atomic mass is 9.81. The summed E-state index contributed by atoms with van der Waals surface area (Å²) < 4.78 is 0. The zero-order valence-electron chi connectivity index (χ0n) is 24.7. The van der Waals surface area contributed by atoms with E-state index in [1.807, 2.05) is 18.2 Å². The third-order valence-corrected chi connectivity index (χ3v) is 8.93. The van der Waals surface area contributed by atoms with Gasteiger partial charge in [0.1, 0.15) is 6.17 Å². The Bertz CT molecular complexity index is 1930. The second-order valence-electron chi connectivity index (χ2n) is 12.0. The largest absolute Gasteiger partial charge is 0.366 e. The molecule has 1 aliphatic carbocycles. The molecule has 7 rings (SSSR count). The molecule has 0 fully saturated rings. The molecule has 210 valence electrons. The van der Waals surface area contributed by atoms with Gasteiger partial charge < -0.3 is 11.1 Å². The molecular weight excluding hydrogens is 520 g/mol. The normalized spacial score (nSPS) is 14.3. The zero-order chi connectivity index (χ0) is 29.4. The first-order chi connectivity index (χ1) is 21.0. The second-order valence-corrected chi connectivity index (χ2v) is 12.0. The minimum absolute atomic E-state index is 0.0600. The molecule has 0 aliphatic heterocycles. The van der Waals surface area contributed by atoms with Gasteiger partial charge in [-0.2, -0.15) is 0 Å². The molecule has 2 heteroatoms. The quantitative estimate of drug-likeness (QED) is 0.192. The van der Waals surface area contributed by atoms with Crippen LogP contribution in [-0.2, 0) is 11.8 Å². The van der Waals surface area contributed by atoms with Gasteiger partial charge in [0.25, 0.3) is 0 Å². The highest BCUT2D eigenvalue weighted by atomic mass is 15.0. The van der Waals surface area contributed by atoms with Gasteiger partial charge in [0.05, 0.1) is 0 Å². The van der Waals surface area contributed by atoms with Crippen LogP contribution in [0.3, 0.4) is 0 Å². The minimum atomic E-state index is -0.311. The number of benzene rings is 6. The molecule has 6 aromatic carbocycles. The summed E-state index contributed by atoms with van der Waals surface area (Å²) in [6.07, 6.45) is 2.75. The molecule has 43 heavy (non-hydrogen) atoms. The van der Waals surface area contributed by atoms with E-state index in [2.05, 4.69) is 147 Å². The minimum Gasteiger partial charge on any atom is -0.366 e. The SMILES string of the molecule is CC1(C)c2cc3ccccc3cc2-c2c(-c3ccc(/C(=C/Cc4ccccc4)NC(N)c4ccccc4)cc3)cccc21. The predicted molar refractivity (Wildman–Crippen MR) is 182 cm³/mol. The fourth-order valence-electron chi connectivity index (χ4n) is 6.55. The molecule has 0 radical (unpaired) electrons. The molecule has 0 saturated carbocycles. The van der Waals surface area contributed by atoms with Gasteiger partial charge in [-0.25, -0.2) is 0 Å². The van der Waals surface area contributed by atoms with E-state index in [9.17, 15) is 0 Å². The van der Waals surface area contributed by atoms with Crippen molar-refractivity contribution in [3.8, 4) is 22.3 Å². The number of hydrogen-bond acceptors (Lipinski definition) is 2. The molecule has 0 amide bonds. The van der Waals surface area contributed by atoms with Crippen molar-refractivity contribution >= 4 is 16.5 Å². The average molecular weight is 557 g/mol. The van der Waals surface area contributed by atoms with Crippen molar-refractivity contribution in [1.29, 1.82) is 0 Å². The van der Waals surface area contributed by atoms with E-state index in [-0.39, 0.29) is 11.6 Å². The summed E-state index contributed by atoms with van der Waals surface area (Å²) in [5.41, 5.74) is 19.0. The lowest BCUT2D eigenvalue weighted by molar-refractivity contribution is 0.661. The van der Waals surface area contributed by atoms with E-state index < -0.39 is 0 Å². The van der Waals surface area contributed by atoms with Gasteiger partial charge in [0.15, 0.2) is 0 Å². The standard InChI is InChI=1S/C41H36N2/c1-41(2)36-19-11-18-34(39(36)35-26-32-16-9-10-17-33(32)27-37(35)41)29-21-23-30(24-22-29)38(25-20-28-12-5-3-6-13-28)43-40(42)31-14-7-4-8-15-31/h3-19,21-27,40,43H,20,42H2,1-2H3/b38-25-. The fourth-order valence-corrected chi connectivity index (χ4v) is 6.55. The Kier molecular flexibility index (Phi) is 6.93. The van der Waals surface area contributed by atoms with Crippen LogP contribution in [0.25, 0.3) is 38.7 Å². The molecule has 1 atom stereocenters. The lowest BCUT2D eigenvalue weighted by Crippen LogP contribution is -2.27. The Morgan fingerprint density at radius 2 is 1.33 bits per heavy atom. The maximum absolute atomic E-state index is 6.64. The number of rotatable bonds is 7. The molecule has 0 bridgehead atoms. The van der Waals surface area contributed by atoms with Crippen molar-refractivity contribution in [2.24, 2.45) is 5.73 Å². The van der Waals surface area contributed by atoms with Crippen LogP contribution < -0.4 is 11.1 Å². The van der Waals surface area contributed by atoms with E-state index in [0.29, 0.717) is 0 Å². The summed E-state index contributed by atoms with van der Waals surface area (Å²) in [5, 5.41) is 6.18. The summed E-state index contributed by atoms with van der Waals surface area (Å²) in [7, 11) is 0. The highest BCUT2D eigenvalue weighted by molar-refractivity contribution is 5.98. The van der Waals surface area contributed by atoms with Gasteiger partial charge >= 0.3 is 0 Å². The smallest absolute Gasteiger partial charge is 0.101 e. The molecule has 0 heterocycles. The third kappa shape index (κ3) is 5.05. The topological polar surface area (TPSA) is 38.0 Å². The number of nitrogens with two attached hydrogens (primary N) is 1. The van der Waals surface area contributed by atoms with Crippen molar-refractivity contribution in [2.45, 2.75) is 31.8 Å². The average Bonchev–Trinajstić information content (AvgIpc) is 3.28. The summed E-state index contributed by atoms with van der Waals surface area (Å²) in [5.74, 6) is 0. The predicted octanol–water partition coefficient (Wildman–Crippen LogP) is 9.64. The van der Waals surface area contributed by atoms with Crippen molar-refractivity contribution in [2.75, 3.05) is 0 Å². The van der Waals surface area contributed by atoms with Crippen LogP contribution in [0.2, 0.25) is 0 Å². The first-order valence-corrected chi connectivity index (χ1v) is 15.1.